The number of pyridine rings is 1. The van der Waals surface area contributed by atoms with Gasteiger partial charge in [0, 0.05) is 30.2 Å². The lowest BCUT2D eigenvalue weighted by atomic mass is 10.1. The van der Waals surface area contributed by atoms with Gasteiger partial charge in [-0.1, -0.05) is 30.3 Å². The minimum absolute atomic E-state index is 0.0129. The molecule has 0 atom stereocenters. The van der Waals surface area contributed by atoms with Gasteiger partial charge >= 0.3 is 6.01 Å². The first kappa shape index (κ1) is 17.4. The SMILES string of the molecule is N=Cc1cc(Oc2nc(O)c3ccncc3n2)ccc1NCc1ccccc1. The van der Waals surface area contributed by atoms with Crippen molar-refractivity contribution in [1.29, 1.82) is 5.41 Å². The zero-order valence-electron chi connectivity index (χ0n) is 14.8. The van der Waals surface area contributed by atoms with Crippen LogP contribution in [0.25, 0.3) is 10.9 Å². The first-order valence-electron chi connectivity index (χ1n) is 8.64. The van der Waals surface area contributed by atoms with Crippen LogP contribution in [0.2, 0.25) is 0 Å². The van der Waals surface area contributed by atoms with Crippen molar-refractivity contribution in [3.63, 3.8) is 0 Å². The largest absolute Gasteiger partial charge is 0.493 e. The van der Waals surface area contributed by atoms with Gasteiger partial charge < -0.3 is 20.6 Å². The molecule has 0 unspecified atom stereocenters. The average molecular weight is 371 g/mol. The molecule has 4 aromatic rings. The lowest BCUT2D eigenvalue weighted by Crippen LogP contribution is -2.02. The quantitative estimate of drug-likeness (QED) is 0.440. The summed E-state index contributed by atoms with van der Waals surface area (Å²) >= 11 is 0. The van der Waals surface area contributed by atoms with E-state index < -0.39 is 0 Å². The van der Waals surface area contributed by atoms with Crippen molar-refractivity contribution in [2.24, 2.45) is 0 Å². The van der Waals surface area contributed by atoms with Crippen LogP contribution in [0.15, 0.2) is 67.0 Å². The summed E-state index contributed by atoms with van der Waals surface area (Å²) in [7, 11) is 0. The van der Waals surface area contributed by atoms with Gasteiger partial charge in [0.15, 0.2) is 0 Å². The molecule has 0 spiro atoms. The fourth-order valence-electron chi connectivity index (χ4n) is 2.77. The molecule has 0 aliphatic carbocycles. The van der Waals surface area contributed by atoms with E-state index in [0.717, 1.165) is 11.3 Å². The molecule has 2 aromatic carbocycles. The number of aromatic hydroxyl groups is 1. The second kappa shape index (κ2) is 7.71. The predicted octanol–water partition coefficient (Wildman–Crippen LogP) is 4.13. The fraction of sp³-hybridized carbons (Fsp3) is 0.0476. The maximum Gasteiger partial charge on any atom is 0.325 e. The van der Waals surface area contributed by atoms with E-state index in [1.807, 2.05) is 36.4 Å². The van der Waals surface area contributed by atoms with Crippen LogP contribution in [-0.2, 0) is 6.54 Å². The third-order valence-electron chi connectivity index (χ3n) is 4.17. The molecule has 3 N–H and O–H groups in total. The highest BCUT2D eigenvalue weighted by molar-refractivity contribution is 5.86. The zero-order valence-corrected chi connectivity index (χ0v) is 14.8. The van der Waals surface area contributed by atoms with Gasteiger partial charge in [0.1, 0.15) is 5.75 Å². The van der Waals surface area contributed by atoms with E-state index in [2.05, 4.69) is 20.3 Å². The minimum atomic E-state index is -0.171. The van der Waals surface area contributed by atoms with Gasteiger partial charge in [-0.3, -0.25) is 4.98 Å². The molecule has 138 valence electrons. The molecule has 0 radical (unpaired) electrons. The van der Waals surface area contributed by atoms with Crippen LogP contribution in [-0.4, -0.2) is 26.3 Å². The first-order chi connectivity index (χ1) is 13.7. The predicted molar refractivity (Wildman–Crippen MR) is 107 cm³/mol. The summed E-state index contributed by atoms with van der Waals surface area (Å²) in [5, 5.41) is 21.6. The summed E-state index contributed by atoms with van der Waals surface area (Å²) in [5.74, 6) is 0.294. The number of nitrogens with one attached hydrogen (secondary N) is 2. The van der Waals surface area contributed by atoms with E-state index in [9.17, 15) is 5.11 Å². The molecule has 28 heavy (non-hydrogen) atoms. The zero-order chi connectivity index (χ0) is 19.3. The summed E-state index contributed by atoms with van der Waals surface area (Å²) in [4.78, 5) is 12.2. The van der Waals surface area contributed by atoms with Crippen LogP contribution >= 0.6 is 0 Å². The maximum atomic E-state index is 10.0. The molecular formula is C21H17N5O2. The van der Waals surface area contributed by atoms with Crippen molar-refractivity contribution in [3.8, 4) is 17.6 Å². The van der Waals surface area contributed by atoms with Gasteiger partial charge in [-0.15, -0.1) is 0 Å². The van der Waals surface area contributed by atoms with Gasteiger partial charge in [0.25, 0.3) is 0 Å². The van der Waals surface area contributed by atoms with Crippen LogP contribution < -0.4 is 10.1 Å². The molecule has 0 amide bonds. The van der Waals surface area contributed by atoms with Gasteiger partial charge in [-0.25, -0.2) is 0 Å². The van der Waals surface area contributed by atoms with Crippen molar-refractivity contribution < 1.29 is 9.84 Å². The highest BCUT2D eigenvalue weighted by Crippen LogP contribution is 2.28. The summed E-state index contributed by atoms with van der Waals surface area (Å²) in [6.45, 7) is 0.649. The second-order valence-electron chi connectivity index (χ2n) is 6.06. The van der Waals surface area contributed by atoms with Crippen molar-refractivity contribution in [2.75, 3.05) is 5.32 Å². The summed E-state index contributed by atoms with van der Waals surface area (Å²) in [5.41, 5.74) is 3.11. The molecule has 0 saturated carbocycles. The molecule has 2 aromatic heterocycles. The number of hydrogen-bond acceptors (Lipinski definition) is 7. The topological polar surface area (TPSA) is 104 Å². The Labute approximate surface area is 161 Å². The Morgan fingerprint density at radius 2 is 1.93 bits per heavy atom. The second-order valence-corrected chi connectivity index (χ2v) is 6.06. The monoisotopic (exact) mass is 371 g/mol. The van der Waals surface area contributed by atoms with E-state index in [0.29, 0.717) is 28.8 Å². The smallest absolute Gasteiger partial charge is 0.325 e. The van der Waals surface area contributed by atoms with Crippen LogP contribution in [0, 0.1) is 5.41 Å². The van der Waals surface area contributed by atoms with Crippen LogP contribution in [0.5, 0.6) is 17.6 Å². The molecule has 7 nitrogen and oxygen atoms in total. The maximum absolute atomic E-state index is 10.0. The molecule has 2 heterocycles. The van der Waals surface area contributed by atoms with Crippen molar-refractivity contribution in [1.82, 2.24) is 15.0 Å². The highest BCUT2D eigenvalue weighted by Gasteiger charge is 2.10. The Morgan fingerprint density at radius 1 is 1.07 bits per heavy atom. The van der Waals surface area contributed by atoms with Gasteiger partial charge in [-0.2, -0.15) is 9.97 Å². The van der Waals surface area contributed by atoms with Gasteiger partial charge in [0.05, 0.1) is 17.1 Å². The van der Waals surface area contributed by atoms with Gasteiger partial charge in [0.2, 0.25) is 5.88 Å². The molecule has 4 rings (SSSR count). The molecule has 0 saturated heterocycles. The van der Waals surface area contributed by atoms with Crippen molar-refractivity contribution in [2.45, 2.75) is 6.54 Å². The molecule has 7 heteroatoms. The Balaban J connectivity index is 1.55. The van der Waals surface area contributed by atoms with Crippen LogP contribution in [0.3, 0.4) is 0 Å². The lowest BCUT2D eigenvalue weighted by molar-refractivity contribution is 0.412. The van der Waals surface area contributed by atoms with Crippen LogP contribution in [0.4, 0.5) is 5.69 Å². The standard InChI is InChI=1S/C21H17N5O2/c22-11-15-10-16(6-7-18(15)24-12-14-4-2-1-3-5-14)28-21-25-19-13-23-9-8-17(19)20(27)26-21/h1-11,13,22,24H,12H2,(H,25,26,27). The van der Waals surface area contributed by atoms with Crippen molar-refractivity contribution >= 4 is 22.8 Å². The molecule has 0 fully saturated rings. The first-order valence-corrected chi connectivity index (χ1v) is 8.64. The van der Waals surface area contributed by atoms with E-state index in [-0.39, 0.29) is 11.9 Å². The van der Waals surface area contributed by atoms with Crippen molar-refractivity contribution in [3.05, 3.63) is 78.1 Å². The number of hydrogen-bond donors (Lipinski definition) is 3. The Kier molecular flexibility index (Phi) is 4.79. The number of ether oxygens (including phenoxy) is 1. The van der Waals surface area contributed by atoms with E-state index in [1.54, 1.807) is 24.4 Å². The van der Waals surface area contributed by atoms with E-state index in [4.69, 9.17) is 10.1 Å². The van der Waals surface area contributed by atoms with E-state index in [1.165, 1.54) is 12.4 Å². The number of rotatable bonds is 6. The summed E-state index contributed by atoms with van der Waals surface area (Å²) in [6.07, 6.45) is 4.34. The lowest BCUT2D eigenvalue weighted by Gasteiger charge is -2.12. The number of nitrogens with zero attached hydrogens (tertiary/aromatic N) is 3. The normalized spacial score (nSPS) is 10.6. The molecule has 0 bridgehead atoms. The molecule has 0 aliphatic rings. The van der Waals surface area contributed by atoms with Gasteiger partial charge in [-0.05, 0) is 29.8 Å². The number of fused-ring (bicyclic) bond motifs is 1. The Hall–Kier alpha value is -4.00. The highest BCUT2D eigenvalue weighted by atomic mass is 16.5. The summed E-state index contributed by atoms with van der Waals surface area (Å²) < 4.78 is 5.69. The number of aromatic nitrogens is 3. The molecular weight excluding hydrogens is 354 g/mol. The summed E-state index contributed by atoms with van der Waals surface area (Å²) in [6, 6.07) is 17.0. The fourth-order valence-corrected chi connectivity index (χ4v) is 2.77. The van der Waals surface area contributed by atoms with Crippen LogP contribution in [0.1, 0.15) is 11.1 Å². The molecule has 0 aliphatic heterocycles. The third kappa shape index (κ3) is 3.73. The Morgan fingerprint density at radius 3 is 2.75 bits per heavy atom. The van der Waals surface area contributed by atoms with E-state index >= 15 is 0 Å². The Bertz CT molecular complexity index is 1130. The third-order valence-corrected chi connectivity index (χ3v) is 4.17. The minimum Gasteiger partial charge on any atom is -0.493 e. The number of anilines is 1. The number of benzene rings is 2. The average Bonchev–Trinajstić information content (AvgIpc) is 2.73.